The second kappa shape index (κ2) is 7.37. The zero-order valence-electron chi connectivity index (χ0n) is 12.2. The van der Waals surface area contributed by atoms with Crippen molar-refractivity contribution >= 4 is 23.2 Å². The summed E-state index contributed by atoms with van der Waals surface area (Å²) >= 11 is 1.48. The van der Waals surface area contributed by atoms with Crippen LogP contribution in [0.15, 0.2) is 76.2 Å². The molecule has 0 aliphatic rings. The molecule has 0 saturated carbocycles. The first-order chi connectivity index (χ1) is 10.9. The molecule has 2 nitrogen and oxygen atoms in total. The van der Waals surface area contributed by atoms with Crippen molar-refractivity contribution in [2.75, 3.05) is 5.32 Å². The van der Waals surface area contributed by atoms with E-state index in [0.29, 0.717) is 11.8 Å². The van der Waals surface area contributed by atoms with Gasteiger partial charge in [0.1, 0.15) is 0 Å². The van der Waals surface area contributed by atoms with E-state index in [1.54, 1.807) is 12.1 Å². The highest BCUT2D eigenvalue weighted by molar-refractivity contribution is 7.99. The van der Waals surface area contributed by atoms with E-state index in [1.165, 1.54) is 18.7 Å². The predicted molar refractivity (Wildman–Crippen MR) is 85.4 cm³/mol. The minimum Gasteiger partial charge on any atom is -0.358 e. The number of carbonyl (C=O) groups excluding carboxylic acids is 1. The topological polar surface area (TPSA) is 29.1 Å². The van der Waals surface area contributed by atoms with Gasteiger partial charge in [-0.2, -0.15) is 13.2 Å². The summed E-state index contributed by atoms with van der Waals surface area (Å²) < 4.78 is 36.9. The zero-order chi connectivity index (χ0) is 16.9. The quantitative estimate of drug-likeness (QED) is 0.752. The Morgan fingerprint density at radius 3 is 2.30 bits per heavy atom. The molecule has 2 aromatic carbocycles. The lowest BCUT2D eigenvalue weighted by molar-refractivity contribution is -0.165. The first kappa shape index (κ1) is 17.1. The van der Waals surface area contributed by atoms with Crippen LogP contribution in [0.5, 0.6) is 0 Å². The minimum absolute atomic E-state index is 0.133. The first-order valence-electron chi connectivity index (χ1n) is 6.74. The number of carbonyl (C=O) groups is 1. The molecule has 0 spiro atoms. The Balaban J connectivity index is 2.18. The monoisotopic (exact) mass is 337 g/mol. The molecule has 0 fully saturated rings. The highest BCUT2D eigenvalue weighted by atomic mass is 32.2. The fraction of sp³-hybridized carbons (Fsp3) is 0.118. The first-order valence-corrected chi connectivity index (χ1v) is 7.56. The average molecular weight is 337 g/mol. The third kappa shape index (κ3) is 5.17. The van der Waals surface area contributed by atoms with Crippen molar-refractivity contribution in [1.29, 1.82) is 0 Å². The molecule has 2 aromatic rings. The fourth-order valence-electron chi connectivity index (χ4n) is 1.80. The van der Waals surface area contributed by atoms with Gasteiger partial charge < -0.3 is 5.32 Å². The number of nitrogens with one attached hydrogen (secondary N) is 1. The molecule has 0 bridgehead atoms. The molecule has 0 amide bonds. The summed E-state index contributed by atoms with van der Waals surface area (Å²) in [5, 5.41) is 2.85. The molecular weight excluding hydrogens is 323 g/mol. The van der Waals surface area contributed by atoms with Gasteiger partial charge >= 0.3 is 6.18 Å². The van der Waals surface area contributed by atoms with Crippen LogP contribution in [-0.2, 0) is 4.79 Å². The Bertz CT molecular complexity index is 711. The molecule has 0 unspecified atom stereocenters. The van der Waals surface area contributed by atoms with Crippen molar-refractivity contribution in [3.05, 3.63) is 66.4 Å². The second-order valence-electron chi connectivity index (χ2n) is 4.73. The molecule has 1 N–H and O–H groups in total. The summed E-state index contributed by atoms with van der Waals surface area (Å²) in [6, 6.07) is 16.8. The van der Waals surface area contributed by atoms with Crippen molar-refractivity contribution in [2.45, 2.75) is 22.9 Å². The molecule has 120 valence electrons. The highest BCUT2D eigenvalue weighted by Gasteiger charge is 2.36. The number of hydrogen-bond acceptors (Lipinski definition) is 3. The molecule has 23 heavy (non-hydrogen) atoms. The number of halogens is 3. The van der Waals surface area contributed by atoms with Gasteiger partial charge in [0.25, 0.3) is 5.78 Å². The number of hydrogen-bond donors (Lipinski definition) is 1. The van der Waals surface area contributed by atoms with Crippen molar-refractivity contribution in [3.8, 4) is 0 Å². The van der Waals surface area contributed by atoms with E-state index >= 15 is 0 Å². The van der Waals surface area contributed by atoms with Crippen LogP contribution in [0.4, 0.5) is 18.9 Å². The van der Waals surface area contributed by atoms with E-state index < -0.39 is 12.0 Å². The summed E-state index contributed by atoms with van der Waals surface area (Å²) in [5.74, 6) is -1.88. The largest absolute Gasteiger partial charge is 0.454 e. The number of alkyl halides is 3. The normalized spacial score (nSPS) is 12.1. The number of ketones is 1. The van der Waals surface area contributed by atoms with Gasteiger partial charge in [0.2, 0.25) is 0 Å². The van der Waals surface area contributed by atoms with E-state index in [1.807, 2.05) is 42.5 Å². The molecule has 0 aromatic heterocycles. The Morgan fingerprint density at radius 1 is 1.04 bits per heavy atom. The van der Waals surface area contributed by atoms with Crippen molar-refractivity contribution < 1.29 is 18.0 Å². The molecule has 0 heterocycles. The van der Waals surface area contributed by atoms with Gasteiger partial charge in [0.05, 0.1) is 5.69 Å². The number of benzene rings is 2. The number of para-hydroxylation sites is 1. The third-order valence-electron chi connectivity index (χ3n) is 2.82. The Morgan fingerprint density at radius 2 is 1.65 bits per heavy atom. The zero-order valence-corrected chi connectivity index (χ0v) is 13.0. The number of anilines is 1. The van der Waals surface area contributed by atoms with E-state index in [4.69, 9.17) is 0 Å². The number of allylic oxidation sites excluding steroid dienone is 2. The third-order valence-corrected chi connectivity index (χ3v) is 3.90. The van der Waals surface area contributed by atoms with E-state index in [9.17, 15) is 18.0 Å². The summed E-state index contributed by atoms with van der Waals surface area (Å²) in [4.78, 5) is 12.9. The number of rotatable bonds is 5. The molecule has 0 aliphatic heterocycles. The van der Waals surface area contributed by atoms with Gasteiger partial charge in [-0.25, -0.2) is 0 Å². The molecular formula is C17H14F3NOS. The van der Waals surface area contributed by atoms with Crippen molar-refractivity contribution in [3.63, 3.8) is 0 Å². The van der Waals surface area contributed by atoms with Gasteiger partial charge in [0.15, 0.2) is 0 Å². The molecule has 0 radical (unpaired) electrons. The van der Waals surface area contributed by atoms with Gasteiger partial charge in [0, 0.05) is 21.6 Å². The van der Waals surface area contributed by atoms with Gasteiger partial charge in [-0.05, 0) is 31.2 Å². The van der Waals surface area contributed by atoms with Crippen molar-refractivity contribution in [2.24, 2.45) is 0 Å². The molecule has 0 saturated heterocycles. The van der Waals surface area contributed by atoms with Gasteiger partial charge in [-0.1, -0.05) is 42.1 Å². The average Bonchev–Trinajstić information content (AvgIpc) is 2.49. The van der Waals surface area contributed by atoms with Gasteiger partial charge in [-0.3, -0.25) is 4.79 Å². The maximum absolute atomic E-state index is 12.3. The lowest BCUT2D eigenvalue weighted by atomic mass is 10.2. The smallest absolute Gasteiger partial charge is 0.358 e. The van der Waals surface area contributed by atoms with Crippen LogP contribution in [0.25, 0.3) is 0 Å². The van der Waals surface area contributed by atoms with E-state index in [2.05, 4.69) is 5.32 Å². The van der Waals surface area contributed by atoms with Crippen LogP contribution in [0, 0.1) is 0 Å². The summed E-state index contributed by atoms with van der Waals surface area (Å²) in [6.07, 6.45) is -4.30. The van der Waals surface area contributed by atoms with Crippen LogP contribution in [0.1, 0.15) is 6.92 Å². The lowest BCUT2D eigenvalue weighted by Crippen LogP contribution is -2.21. The summed E-state index contributed by atoms with van der Waals surface area (Å²) in [7, 11) is 0. The SMILES string of the molecule is C/C(=C/C(=O)C(F)(F)F)Nc1ccccc1Sc1ccccc1. The van der Waals surface area contributed by atoms with Crippen molar-refractivity contribution in [1.82, 2.24) is 0 Å². The van der Waals surface area contributed by atoms with Crippen LogP contribution in [-0.4, -0.2) is 12.0 Å². The lowest BCUT2D eigenvalue weighted by Gasteiger charge is -2.12. The van der Waals surface area contributed by atoms with Crippen LogP contribution < -0.4 is 5.32 Å². The van der Waals surface area contributed by atoms with E-state index in [0.717, 1.165) is 9.79 Å². The second-order valence-corrected chi connectivity index (χ2v) is 5.84. The van der Waals surface area contributed by atoms with Gasteiger partial charge in [-0.15, -0.1) is 0 Å². The minimum atomic E-state index is -4.86. The van der Waals surface area contributed by atoms with Crippen LogP contribution >= 0.6 is 11.8 Å². The molecule has 0 atom stereocenters. The Labute approximate surface area is 136 Å². The predicted octanol–water partition coefficient (Wildman–Crippen LogP) is 5.28. The maximum Gasteiger partial charge on any atom is 0.454 e. The molecule has 0 aliphatic carbocycles. The Hall–Kier alpha value is -2.21. The van der Waals surface area contributed by atoms with E-state index in [-0.39, 0.29) is 5.70 Å². The summed E-state index contributed by atoms with van der Waals surface area (Å²) in [6.45, 7) is 1.42. The fourth-order valence-corrected chi connectivity index (χ4v) is 2.72. The van der Waals surface area contributed by atoms with Crippen LogP contribution in [0.3, 0.4) is 0 Å². The molecule has 6 heteroatoms. The summed E-state index contributed by atoms with van der Waals surface area (Å²) in [5.41, 5.74) is 0.776. The standard InChI is InChI=1S/C17H14F3NOS/c1-12(11-16(22)17(18,19)20)21-14-9-5-6-10-15(14)23-13-7-3-2-4-8-13/h2-11,21H,1H3/b12-11-. The highest BCUT2D eigenvalue weighted by Crippen LogP contribution is 2.33. The van der Waals surface area contributed by atoms with Crippen LogP contribution in [0.2, 0.25) is 0 Å². The maximum atomic E-state index is 12.3. The Kier molecular flexibility index (Phi) is 5.50. The molecule has 2 rings (SSSR count).